The molecule has 2 aromatic carbocycles. The van der Waals surface area contributed by atoms with Gasteiger partial charge in [0, 0.05) is 44.5 Å². The first kappa shape index (κ1) is 22.1. The Kier molecular flexibility index (Phi) is 7.99. The van der Waals surface area contributed by atoms with Crippen molar-refractivity contribution >= 4 is 18.1 Å². The van der Waals surface area contributed by atoms with Gasteiger partial charge in [0.1, 0.15) is 0 Å². The van der Waals surface area contributed by atoms with E-state index in [1.54, 1.807) is 0 Å². The molecule has 2 saturated heterocycles. The zero-order valence-corrected chi connectivity index (χ0v) is 18.8. The van der Waals surface area contributed by atoms with Crippen molar-refractivity contribution in [2.24, 2.45) is 0 Å². The molecule has 3 nitrogen and oxygen atoms in total. The molecule has 0 unspecified atom stereocenters. The van der Waals surface area contributed by atoms with Gasteiger partial charge < -0.3 is 9.80 Å². The molecule has 2 fully saturated rings. The van der Waals surface area contributed by atoms with Gasteiger partial charge in [-0.1, -0.05) is 48.0 Å². The second-order valence-electron chi connectivity index (χ2n) is 8.62. The van der Waals surface area contributed by atoms with Crippen LogP contribution in [0.25, 0.3) is 0 Å². The van der Waals surface area contributed by atoms with Crippen LogP contribution in [0.3, 0.4) is 0 Å². The molecule has 0 amide bonds. The van der Waals surface area contributed by atoms with Crippen LogP contribution in [0.2, 0.25) is 0 Å². The lowest BCUT2D eigenvalue weighted by molar-refractivity contribution is 0.104. The molecule has 0 saturated carbocycles. The minimum Gasteiger partial charge on any atom is -0.369 e. The Morgan fingerprint density at radius 1 is 0.793 bits per heavy atom. The third kappa shape index (κ3) is 5.75. The fourth-order valence-corrected chi connectivity index (χ4v) is 4.80. The van der Waals surface area contributed by atoms with E-state index in [0.717, 1.165) is 6.04 Å². The largest absolute Gasteiger partial charge is 0.369 e. The lowest BCUT2D eigenvalue weighted by atomic mass is 10.0. The van der Waals surface area contributed by atoms with E-state index < -0.39 is 0 Å². The van der Waals surface area contributed by atoms with Gasteiger partial charge in [-0.2, -0.15) is 0 Å². The van der Waals surface area contributed by atoms with E-state index in [9.17, 15) is 0 Å². The molecule has 0 spiro atoms. The standard InChI is InChI=1S/C25H35N3.ClH/c1-21-7-9-23(10-8-21)11-14-26-15-12-24(13-16-26)27-17-19-28(20-18-27)25-6-4-3-5-22(25)2;/h3-10,24H,11-20H2,1-2H3;1H. The minimum absolute atomic E-state index is 0. The molecule has 4 heteroatoms. The highest BCUT2D eigenvalue weighted by molar-refractivity contribution is 5.85. The van der Waals surface area contributed by atoms with Crippen molar-refractivity contribution in [3.63, 3.8) is 0 Å². The molecule has 158 valence electrons. The van der Waals surface area contributed by atoms with Crippen LogP contribution < -0.4 is 4.90 Å². The van der Waals surface area contributed by atoms with Crippen molar-refractivity contribution in [1.82, 2.24) is 9.80 Å². The summed E-state index contributed by atoms with van der Waals surface area (Å²) in [4.78, 5) is 7.99. The van der Waals surface area contributed by atoms with Gasteiger partial charge in [-0.25, -0.2) is 0 Å². The number of piperazine rings is 1. The van der Waals surface area contributed by atoms with E-state index in [4.69, 9.17) is 0 Å². The maximum Gasteiger partial charge on any atom is 0.0396 e. The van der Waals surface area contributed by atoms with Crippen LogP contribution in [0.1, 0.15) is 29.5 Å². The second kappa shape index (κ2) is 10.5. The highest BCUT2D eigenvalue weighted by Crippen LogP contribution is 2.23. The van der Waals surface area contributed by atoms with E-state index >= 15 is 0 Å². The zero-order valence-electron chi connectivity index (χ0n) is 18.0. The van der Waals surface area contributed by atoms with Crippen LogP contribution in [0, 0.1) is 13.8 Å². The Labute approximate surface area is 183 Å². The maximum absolute atomic E-state index is 2.76. The fourth-order valence-electron chi connectivity index (χ4n) is 4.80. The van der Waals surface area contributed by atoms with E-state index in [-0.39, 0.29) is 12.4 Å². The number of benzene rings is 2. The van der Waals surface area contributed by atoms with Gasteiger partial charge in [-0.05, 0) is 63.4 Å². The van der Waals surface area contributed by atoms with Gasteiger partial charge in [0.2, 0.25) is 0 Å². The summed E-state index contributed by atoms with van der Waals surface area (Å²) in [6.07, 6.45) is 3.84. The summed E-state index contributed by atoms with van der Waals surface area (Å²) in [6, 6.07) is 18.6. The lowest BCUT2D eigenvalue weighted by Gasteiger charge is -2.43. The zero-order chi connectivity index (χ0) is 19.3. The monoisotopic (exact) mass is 413 g/mol. The van der Waals surface area contributed by atoms with Crippen molar-refractivity contribution in [2.75, 3.05) is 50.7 Å². The number of hydrogen-bond acceptors (Lipinski definition) is 3. The predicted octanol–water partition coefficient (Wildman–Crippen LogP) is 4.55. The summed E-state index contributed by atoms with van der Waals surface area (Å²) in [6.45, 7) is 12.9. The van der Waals surface area contributed by atoms with Crippen molar-refractivity contribution in [3.8, 4) is 0 Å². The van der Waals surface area contributed by atoms with Crippen molar-refractivity contribution in [2.45, 2.75) is 39.2 Å². The molecule has 0 radical (unpaired) electrons. The van der Waals surface area contributed by atoms with Crippen molar-refractivity contribution in [3.05, 3.63) is 65.2 Å². The van der Waals surface area contributed by atoms with Gasteiger partial charge in [-0.3, -0.25) is 4.90 Å². The second-order valence-corrected chi connectivity index (χ2v) is 8.62. The van der Waals surface area contributed by atoms with Crippen LogP contribution in [-0.4, -0.2) is 61.7 Å². The SMILES string of the molecule is Cc1ccc(CCN2CCC(N3CCN(c4ccccc4C)CC3)CC2)cc1.Cl. The summed E-state index contributed by atoms with van der Waals surface area (Å²) < 4.78 is 0. The first-order valence-electron chi connectivity index (χ1n) is 11.0. The van der Waals surface area contributed by atoms with Gasteiger partial charge in [-0.15, -0.1) is 12.4 Å². The number of aryl methyl sites for hydroxylation is 2. The number of nitrogens with zero attached hydrogens (tertiary/aromatic N) is 3. The predicted molar refractivity (Wildman–Crippen MR) is 127 cm³/mol. The normalized spacial score (nSPS) is 19.2. The smallest absolute Gasteiger partial charge is 0.0396 e. The molecule has 0 atom stereocenters. The van der Waals surface area contributed by atoms with Crippen LogP contribution in [0.15, 0.2) is 48.5 Å². The highest BCUT2D eigenvalue weighted by Gasteiger charge is 2.27. The summed E-state index contributed by atoms with van der Waals surface area (Å²) in [5, 5.41) is 0. The Hall–Kier alpha value is -1.55. The number of piperidine rings is 1. The van der Waals surface area contributed by atoms with Gasteiger partial charge in [0.05, 0.1) is 0 Å². The third-order valence-electron chi connectivity index (χ3n) is 6.68. The van der Waals surface area contributed by atoms with Crippen molar-refractivity contribution in [1.29, 1.82) is 0 Å². The summed E-state index contributed by atoms with van der Waals surface area (Å²) in [5.41, 5.74) is 5.65. The number of anilines is 1. The molecule has 2 aromatic rings. The molecule has 2 aliphatic rings. The van der Waals surface area contributed by atoms with Crippen LogP contribution in [0.5, 0.6) is 0 Å². The first-order chi connectivity index (χ1) is 13.7. The van der Waals surface area contributed by atoms with Crippen molar-refractivity contribution < 1.29 is 0 Å². The highest BCUT2D eigenvalue weighted by atomic mass is 35.5. The molecule has 0 N–H and O–H groups in total. The lowest BCUT2D eigenvalue weighted by Crippen LogP contribution is -2.53. The van der Waals surface area contributed by atoms with E-state index in [0.29, 0.717) is 0 Å². The number of hydrogen-bond donors (Lipinski definition) is 0. The molecule has 29 heavy (non-hydrogen) atoms. The first-order valence-corrected chi connectivity index (χ1v) is 11.0. The summed E-state index contributed by atoms with van der Waals surface area (Å²) in [7, 11) is 0. The molecule has 0 aromatic heterocycles. The van der Waals surface area contributed by atoms with Crippen LogP contribution in [-0.2, 0) is 6.42 Å². The average Bonchev–Trinajstić information content (AvgIpc) is 2.74. The molecule has 2 aliphatic heterocycles. The molecule has 0 aliphatic carbocycles. The summed E-state index contributed by atoms with van der Waals surface area (Å²) in [5.74, 6) is 0. The van der Waals surface area contributed by atoms with E-state index in [2.05, 4.69) is 77.1 Å². The number of likely N-dealkylation sites (tertiary alicyclic amines) is 1. The third-order valence-corrected chi connectivity index (χ3v) is 6.68. The quantitative estimate of drug-likeness (QED) is 0.711. The van der Waals surface area contributed by atoms with Gasteiger partial charge in [0.15, 0.2) is 0 Å². The number of rotatable bonds is 5. The van der Waals surface area contributed by atoms with Crippen LogP contribution >= 0.6 is 12.4 Å². The molecule has 0 bridgehead atoms. The molecular formula is C25H36ClN3. The summed E-state index contributed by atoms with van der Waals surface area (Å²) >= 11 is 0. The van der Waals surface area contributed by atoms with Gasteiger partial charge in [0.25, 0.3) is 0 Å². The Morgan fingerprint density at radius 3 is 2.10 bits per heavy atom. The Balaban J connectivity index is 0.00000240. The topological polar surface area (TPSA) is 9.72 Å². The Bertz CT molecular complexity index is 745. The maximum atomic E-state index is 2.76. The average molecular weight is 414 g/mol. The Morgan fingerprint density at radius 2 is 1.45 bits per heavy atom. The number of para-hydroxylation sites is 1. The van der Waals surface area contributed by atoms with Gasteiger partial charge >= 0.3 is 0 Å². The molecule has 2 heterocycles. The van der Waals surface area contributed by atoms with E-state index in [1.165, 1.54) is 87.5 Å². The van der Waals surface area contributed by atoms with E-state index in [1.807, 2.05) is 0 Å². The van der Waals surface area contributed by atoms with Crippen LogP contribution in [0.4, 0.5) is 5.69 Å². The fraction of sp³-hybridized carbons (Fsp3) is 0.520. The molecule has 4 rings (SSSR count). The number of halogens is 1. The molecular weight excluding hydrogens is 378 g/mol. The minimum atomic E-state index is 0.